The molecule has 4 nitrogen and oxygen atoms in total. The van der Waals surface area contributed by atoms with E-state index in [-0.39, 0.29) is 6.61 Å². The summed E-state index contributed by atoms with van der Waals surface area (Å²) in [6.45, 7) is 1.81. The van der Waals surface area contributed by atoms with Gasteiger partial charge < -0.3 is 4.74 Å². The summed E-state index contributed by atoms with van der Waals surface area (Å²) in [5, 5.41) is -0.876. The van der Waals surface area contributed by atoms with Crippen molar-refractivity contribution in [3.63, 3.8) is 0 Å². The first-order chi connectivity index (χ1) is 10.5. The molecule has 22 heavy (non-hydrogen) atoms. The Balaban J connectivity index is 2.43. The van der Waals surface area contributed by atoms with Gasteiger partial charge in [-0.15, -0.1) is 0 Å². The molecule has 0 atom stereocenters. The molecule has 0 heterocycles. The number of carbonyl (C=O) groups excluding carboxylic acids is 1. The molecule has 0 bridgehead atoms. The van der Waals surface area contributed by atoms with E-state index >= 15 is 0 Å². The van der Waals surface area contributed by atoms with Crippen molar-refractivity contribution in [3.8, 4) is 0 Å². The fourth-order valence-corrected chi connectivity index (χ4v) is 4.04. The van der Waals surface area contributed by atoms with E-state index in [1.165, 1.54) is 0 Å². The number of ether oxygens (including phenoxy) is 1. The van der Waals surface area contributed by atoms with Crippen LogP contribution in [-0.4, -0.2) is 26.7 Å². The maximum absolute atomic E-state index is 12.7. The maximum Gasteiger partial charge on any atom is 0.321 e. The Morgan fingerprint density at radius 3 is 1.82 bits per heavy atom. The first-order valence-corrected chi connectivity index (χ1v) is 8.73. The smallest absolute Gasteiger partial charge is 0.321 e. The Morgan fingerprint density at radius 1 is 0.955 bits per heavy atom. The fourth-order valence-electron chi connectivity index (χ4n) is 2.31. The highest BCUT2D eigenvalue weighted by molar-refractivity contribution is 7.92. The van der Waals surface area contributed by atoms with E-state index in [9.17, 15) is 13.2 Å². The van der Waals surface area contributed by atoms with E-state index in [2.05, 4.69) is 0 Å². The average Bonchev–Trinajstić information content (AvgIpc) is 2.49. The van der Waals surface area contributed by atoms with Gasteiger partial charge in [0.2, 0.25) is 0 Å². The summed E-state index contributed by atoms with van der Waals surface area (Å²) >= 11 is 0. The highest BCUT2D eigenvalue weighted by Gasteiger charge is 2.31. The molecule has 0 amide bonds. The van der Waals surface area contributed by atoms with Gasteiger partial charge in [-0.05, 0) is 18.1 Å². The largest absolute Gasteiger partial charge is 0.465 e. The summed E-state index contributed by atoms with van der Waals surface area (Å²) in [6.07, 6.45) is 0. The molecule has 0 radical (unpaired) electrons. The Bertz CT molecular complexity index is 669. The van der Waals surface area contributed by atoms with Gasteiger partial charge in [-0.3, -0.25) is 4.79 Å². The Morgan fingerprint density at radius 2 is 1.41 bits per heavy atom. The number of hydrogen-bond donors (Lipinski definition) is 0. The van der Waals surface area contributed by atoms with Gasteiger partial charge >= 0.3 is 5.97 Å². The van der Waals surface area contributed by atoms with E-state index in [1.807, 2.05) is 12.1 Å². The van der Waals surface area contributed by atoms with Gasteiger partial charge in [-0.25, -0.2) is 8.42 Å². The second kappa shape index (κ2) is 7.22. The second-order valence-corrected chi connectivity index (χ2v) is 6.90. The summed E-state index contributed by atoms with van der Waals surface area (Å²) in [6, 6.07) is 17.8. The van der Waals surface area contributed by atoms with Crippen molar-refractivity contribution >= 4 is 15.8 Å². The minimum Gasteiger partial charge on any atom is -0.465 e. The van der Waals surface area contributed by atoms with E-state index in [0.29, 0.717) is 11.1 Å². The van der Waals surface area contributed by atoms with Gasteiger partial charge in [0.25, 0.3) is 0 Å². The van der Waals surface area contributed by atoms with Crippen LogP contribution in [0.25, 0.3) is 0 Å². The zero-order valence-corrected chi connectivity index (χ0v) is 13.1. The van der Waals surface area contributed by atoms with Crippen LogP contribution in [0.15, 0.2) is 60.7 Å². The molecule has 0 aromatic heterocycles. The van der Waals surface area contributed by atoms with Crippen LogP contribution in [0.1, 0.15) is 23.3 Å². The molecule has 2 aromatic carbocycles. The first kappa shape index (κ1) is 16.2. The van der Waals surface area contributed by atoms with Crippen molar-refractivity contribution in [2.75, 3.05) is 12.4 Å². The molecular weight excluding hydrogens is 300 g/mol. The van der Waals surface area contributed by atoms with Gasteiger partial charge in [-0.1, -0.05) is 60.7 Å². The second-order valence-electron chi connectivity index (χ2n) is 4.81. The van der Waals surface area contributed by atoms with Crippen LogP contribution in [0, 0.1) is 0 Å². The van der Waals surface area contributed by atoms with E-state index in [0.717, 1.165) is 0 Å². The number of rotatable bonds is 6. The number of sulfone groups is 1. The lowest BCUT2D eigenvalue weighted by molar-refractivity contribution is -0.139. The molecule has 0 unspecified atom stereocenters. The normalized spacial score (nSPS) is 11.4. The standard InChI is InChI=1S/C17H18O4S/c1-2-21-16(18)13-22(19,20)17(14-9-5-3-6-10-14)15-11-7-4-8-12-15/h3-12,17H,2,13H2,1H3. The van der Waals surface area contributed by atoms with Crippen LogP contribution in [0.2, 0.25) is 0 Å². The lowest BCUT2D eigenvalue weighted by Gasteiger charge is -2.18. The monoisotopic (exact) mass is 318 g/mol. The van der Waals surface area contributed by atoms with Gasteiger partial charge in [0.1, 0.15) is 11.0 Å². The molecule has 0 aliphatic heterocycles. The summed E-state index contributed by atoms with van der Waals surface area (Å²) in [4.78, 5) is 11.6. The van der Waals surface area contributed by atoms with Crippen molar-refractivity contribution in [3.05, 3.63) is 71.8 Å². The minimum absolute atomic E-state index is 0.162. The third kappa shape index (κ3) is 3.95. The van der Waals surface area contributed by atoms with Crippen molar-refractivity contribution in [1.82, 2.24) is 0 Å². The summed E-state index contributed by atoms with van der Waals surface area (Å²) < 4.78 is 30.2. The van der Waals surface area contributed by atoms with Gasteiger partial charge in [0.05, 0.1) is 6.61 Å². The molecule has 0 aliphatic carbocycles. The highest BCUT2D eigenvalue weighted by Crippen LogP contribution is 2.30. The number of carbonyl (C=O) groups is 1. The quantitative estimate of drug-likeness (QED) is 0.768. The van der Waals surface area contributed by atoms with Crippen molar-refractivity contribution in [1.29, 1.82) is 0 Å². The topological polar surface area (TPSA) is 60.4 Å². The van der Waals surface area contributed by atoms with Crippen LogP contribution >= 0.6 is 0 Å². The van der Waals surface area contributed by atoms with Crippen molar-refractivity contribution in [2.24, 2.45) is 0 Å². The Kier molecular flexibility index (Phi) is 5.33. The first-order valence-electron chi connectivity index (χ1n) is 7.01. The molecule has 0 aliphatic rings. The molecule has 0 saturated carbocycles. The Labute approximate surface area is 130 Å². The molecule has 2 rings (SSSR count). The lowest BCUT2D eigenvalue weighted by Crippen LogP contribution is -2.24. The van der Waals surface area contributed by atoms with E-state index < -0.39 is 26.8 Å². The molecule has 0 fully saturated rings. The number of esters is 1. The maximum atomic E-state index is 12.7. The van der Waals surface area contributed by atoms with E-state index in [1.54, 1.807) is 55.5 Å². The lowest BCUT2D eigenvalue weighted by atomic mass is 10.0. The van der Waals surface area contributed by atoms with Crippen molar-refractivity contribution < 1.29 is 17.9 Å². The molecule has 116 valence electrons. The molecular formula is C17H18O4S. The zero-order valence-electron chi connectivity index (χ0n) is 12.3. The zero-order chi connectivity index (χ0) is 16.0. The third-order valence-electron chi connectivity index (χ3n) is 3.19. The molecule has 2 aromatic rings. The highest BCUT2D eigenvalue weighted by atomic mass is 32.2. The summed E-state index contributed by atoms with van der Waals surface area (Å²) in [5.41, 5.74) is 1.27. The SMILES string of the molecule is CCOC(=O)CS(=O)(=O)C(c1ccccc1)c1ccccc1. The van der Waals surface area contributed by atoms with Crippen molar-refractivity contribution in [2.45, 2.75) is 12.2 Å². The minimum atomic E-state index is -3.72. The molecule has 0 saturated heterocycles. The molecule has 0 N–H and O–H groups in total. The van der Waals surface area contributed by atoms with Crippen LogP contribution < -0.4 is 0 Å². The molecule has 0 spiro atoms. The van der Waals surface area contributed by atoms with E-state index in [4.69, 9.17) is 4.74 Å². The Hall–Kier alpha value is -2.14. The predicted molar refractivity (Wildman–Crippen MR) is 85.1 cm³/mol. The van der Waals surface area contributed by atoms with Crippen LogP contribution in [0.3, 0.4) is 0 Å². The van der Waals surface area contributed by atoms with Crippen LogP contribution in [0.5, 0.6) is 0 Å². The van der Waals surface area contributed by atoms with Crippen LogP contribution in [-0.2, 0) is 19.4 Å². The van der Waals surface area contributed by atoms with Gasteiger partial charge in [0.15, 0.2) is 9.84 Å². The van der Waals surface area contributed by atoms with Gasteiger partial charge in [-0.2, -0.15) is 0 Å². The average molecular weight is 318 g/mol. The third-order valence-corrected chi connectivity index (χ3v) is 5.09. The molecule has 5 heteroatoms. The van der Waals surface area contributed by atoms with Gasteiger partial charge in [0, 0.05) is 0 Å². The van der Waals surface area contributed by atoms with Crippen LogP contribution in [0.4, 0.5) is 0 Å². The number of benzene rings is 2. The summed E-state index contributed by atoms with van der Waals surface area (Å²) in [7, 11) is -3.72. The number of hydrogen-bond acceptors (Lipinski definition) is 4. The fraction of sp³-hybridized carbons (Fsp3) is 0.235. The summed E-state index contributed by atoms with van der Waals surface area (Å²) in [5.74, 6) is -1.35. The predicted octanol–water partition coefficient (Wildman–Crippen LogP) is 2.75.